The molecule has 0 radical (unpaired) electrons. The number of nitrogens with zero attached hydrogens (tertiary/aromatic N) is 5. The second-order valence-electron chi connectivity index (χ2n) is 8.73. The summed E-state index contributed by atoms with van der Waals surface area (Å²) in [4.78, 5) is 30.3. The van der Waals surface area contributed by atoms with Crippen LogP contribution >= 0.6 is 11.6 Å². The number of methoxy groups -OCH3 is 1. The van der Waals surface area contributed by atoms with Crippen LogP contribution in [0.5, 0.6) is 5.75 Å². The maximum Gasteiger partial charge on any atom is 0.296 e. The first-order valence-electron chi connectivity index (χ1n) is 11.6. The van der Waals surface area contributed by atoms with Crippen LogP contribution in [0.3, 0.4) is 0 Å². The number of anilines is 1. The number of halogens is 2. The van der Waals surface area contributed by atoms with Crippen LogP contribution in [0.15, 0.2) is 46.2 Å². The molecule has 1 aromatic carbocycles. The number of amides is 1. The molecule has 0 saturated carbocycles. The van der Waals surface area contributed by atoms with Gasteiger partial charge in [0, 0.05) is 42.3 Å². The maximum atomic E-state index is 14.4. The summed E-state index contributed by atoms with van der Waals surface area (Å²) in [7, 11) is 3.02. The van der Waals surface area contributed by atoms with Crippen molar-refractivity contribution in [3.05, 3.63) is 86.4 Å². The van der Waals surface area contributed by atoms with Crippen LogP contribution in [0.2, 0.25) is 5.02 Å². The number of aromatic hydroxyl groups is 1. The molecule has 3 aromatic heterocycles. The molecule has 0 spiro atoms. The molecule has 0 aliphatic heterocycles. The Morgan fingerprint density at radius 2 is 2.08 bits per heavy atom. The minimum absolute atomic E-state index is 0.164. The summed E-state index contributed by atoms with van der Waals surface area (Å²) in [6, 6.07) is 4.04. The molecule has 2 atom stereocenters. The molecule has 3 heterocycles. The van der Waals surface area contributed by atoms with E-state index in [-0.39, 0.29) is 11.5 Å². The van der Waals surface area contributed by atoms with Gasteiger partial charge in [-0.2, -0.15) is 5.10 Å². The highest BCUT2D eigenvalue weighted by Crippen LogP contribution is 2.42. The van der Waals surface area contributed by atoms with Gasteiger partial charge >= 0.3 is 0 Å². The first-order valence-corrected chi connectivity index (χ1v) is 12.0. The number of hydrogen-bond acceptors (Lipinski definition) is 8. The Kier molecular flexibility index (Phi) is 7.93. The molecule has 0 aliphatic rings. The first-order chi connectivity index (χ1) is 18.1. The zero-order valence-corrected chi connectivity index (χ0v) is 21.9. The summed E-state index contributed by atoms with van der Waals surface area (Å²) in [6.07, 6.45) is 4.10. The van der Waals surface area contributed by atoms with E-state index in [1.54, 1.807) is 24.9 Å². The van der Waals surface area contributed by atoms with Crippen molar-refractivity contribution in [2.75, 3.05) is 19.0 Å². The van der Waals surface area contributed by atoms with Crippen molar-refractivity contribution in [2.24, 2.45) is 7.05 Å². The summed E-state index contributed by atoms with van der Waals surface area (Å²) in [5, 5.41) is 21.2. The number of nitrogens with one attached hydrogen (secondary N) is 1. The van der Waals surface area contributed by atoms with Crippen molar-refractivity contribution in [2.45, 2.75) is 32.2 Å². The number of benzene rings is 1. The molecule has 0 fully saturated rings. The second-order valence-corrected chi connectivity index (χ2v) is 9.14. The highest BCUT2D eigenvalue weighted by Gasteiger charge is 2.32. The predicted octanol–water partition coefficient (Wildman–Crippen LogP) is 3.61. The molecule has 4 aromatic rings. The lowest BCUT2D eigenvalue weighted by Crippen LogP contribution is -2.29. The van der Waals surface area contributed by atoms with Crippen LogP contribution in [0.1, 0.15) is 51.9 Å². The molecule has 11 nitrogen and oxygen atoms in total. The molecular formula is C25H26ClFN6O5. The van der Waals surface area contributed by atoms with Crippen LogP contribution in [0.4, 0.5) is 10.1 Å². The molecule has 2 N–H and O–H groups in total. The van der Waals surface area contributed by atoms with Crippen molar-refractivity contribution >= 4 is 23.2 Å². The number of hydrogen-bond donors (Lipinski definition) is 2. The summed E-state index contributed by atoms with van der Waals surface area (Å²) >= 11 is 6.55. The van der Waals surface area contributed by atoms with Gasteiger partial charge in [0.25, 0.3) is 11.5 Å². The van der Waals surface area contributed by atoms with Gasteiger partial charge in [-0.3, -0.25) is 18.8 Å². The topological polar surface area (TPSA) is 137 Å². The van der Waals surface area contributed by atoms with Crippen molar-refractivity contribution in [3.8, 4) is 5.75 Å². The smallest absolute Gasteiger partial charge is 0.296 e. The number of carbonyl (C=O) groups excluding carboxylic acids is 1. The molecule has 0 aliphatic carbocycles. The third-order valence-corrected chi connectivity index (χ3v) is 6.73. The predicted molar refractivity (Wildman–Crippen MR) is 136 cm³/mol. The van der Waals surface area contributed by atoms with E-state index in [1.165, 1.54) is 37.7 Å². The highest BCUT2D eigenvalue weighted by molar-refractivity contribution is 6.31. The Morgan fingerprint density at radius 1 is 1.32 bits per heavy atom. The number of ether oxygens (including phenoxy) is 1. The Bertz CT molecular complexity index is 1520. The van der Waals surface area contributed by atoms with Crippen molar-refractivity contribution in [1.82, 2.24) is 24.5 Å². The average Bonchev–Trinajstić information content (AvgIpc) is 3.53. The molecule has 2 unspecified atom stereocenters. The van der Waals surface area contributed by atoms with E-state index in [1.807, 2.05) is 6.92 Å². The Labute approximate surface area is 221 Å². The number of carbonyl (C=O) groups is 1. The van der Waals surface area contributed by atoms with Crippen molar-refractivity contribution in [3.63, 3.8) is 0 Å². The Balaban J connectivity index is 1.86. The molecule has 1 amide bonds. The van der Waals surface area contributed by atoms with Crippen LogP contribution in [-0.2, 0) is 18.3 Å². The SMILES string of the molecule is COCCn1ncc(C(c2cc(F)ccc2Cl)C(C)c2nc(C(=O)Nc3cnoc3)c(O)c(=O)n2C)c1C. The third-order valence-electron chi connectivity index (χ3n) is 6.39. The molecule has 4 rings (SSSR count). The number of aromatic nitrogens is 5. The fraction of sp³-hybridized carbons (Fsp3) is 0.320. The van der Waals surface area contributed by atoms with Gasteiger partial charge in [0.15, 0.2) is 5.69 Å². The molecule has 0 saturated heterocycles. The summed E-state index contributed by atoms with van der Waals surface area (Å²) in [5.41, 5.74) is 0.871. The Hall–Kier alpha value is -4.03. The van der Waals surface area contributed by atoms with E-state index in [0.29, 0.717) is 23.7 Å². The summed E-state index contributed by atoms with van der Waals surface area (Å²) < 4.78 is 27.2. The van der Waals surface area contributed by atoms with Gasteiger partial charge in [-0.1, -0.05) is 23.7 Å². The zero-order valence-electron chi connectivity index (χ0n) is 21.1. The van der Waals surface area contributed by atoms with Gasteiger partial charge < -0.3 is 19.7 Å². The standard InChI is InChI=1S/C25H26ClFN6O5/c1-13(23-31-21(22(34)25(36)32(23)3)24(35)30-16-10-29-38-12-16)20(17-9-15(27)5-6-19(17)26)18-11-28-33(14(18)2)7-8-37-4/h5-6,9-13,20,34H,7-8H2,1-4H3,(H,30,35). The molecule has 38 heavy (non-hydrogen) atoms. The average molecular weight is 545 g/mol. The van der Waals surface area contributed by atoms with E-state index >= 15 is 0 Å². The third kappa shape index (κ3) is 5.18. The minimum atomic E-state index is -0.833. The fourth-order valence-electron chi connectivity index (χ4n) is 4.41. The zero-order chi connectivity index (χ0) is 27.6. The van der Waals surface area contributed by atoms with Gasteiger partial charge in [-0.25, -0.2) is 9.37 Å². The van der Waals surface area contributed by atoms with Crippen molar-refractivity contribution in [1.29, 1.82) is 0 Å². The van der Waals surface area contributed by atoms with Crippen molar-refractivity contribution < 1.29 is 23.6 Å². The lowest BCUT2D eigenvalue weighted by Gasteiger charge is -2.27. The van der Waals surface area contributed by atoms with E-state index in [9.17, 15) is 19.1 Å². The van der Waals surface area contributed by atoms with Crippen LogP contribution < -0.4 is 10.9 Å². The molecule has 13 heteroatoms. The van der Waals surface area contributed by atoms with E-state index in [2.05, 4.69) is 20.6 Å². The molecular weight excluding hydrogens is 519 g/mol. The van der Waals surface area contributed by atoms with Gasteiger partial charge in [0.2, 0.25) is 5.75 Å². The Morgan fingerprint density at radius 3 is 2.76 bits per heavy atom. The van der Waals surface area contributed by atoms with Gasteiger partial charge in [0.1, 0.15) is 23.6 Å². The minimum Gasteiger partial charge on any atom is -0.501 e. The normalized spacial score (nSPS) is 12.9. The lowest BCUT2D eigenvalue weighted by molar-refractivity contribution is 0.101. The van der Waals surface area contributed by atoms with Crippen LogP contribution in [-0.4, -0.2) is 49.2 Å². The highest BCUT2D eigenvalue weighted by atomic mass is 35.5. The molecule has 200 valence electrons. The fourth-order valence-corrected chi connectivity index (χ4v) is 4.64. The number of rotatable bonds is 9. The van der Waals surface area contributed by atoms with Gasteiger partial charge in [-0.05, 0) is 30.7 Å². The van der Waals surface area contributed by atoms with Gasteiger partial charge in [-0.15, -0.1) is 0 Å². The quantitative estimate of drug-likeness (QED) is 0.326. The lowest BCUT2D eigenvalue weighted by atomic mass is 9.81. The van der Waals surface area contributed by atoms with Crippen LogP contribution in [0, 0.1) is 12.7 Å². The van der Waals surface area contributed by atoms with Crippen LogP contribution in [0.25, 0.3) is 0 Å². The summed E-state index contributed by atoms with van der Waals surface area (Å²) in [5.74, 6) is -3.23. The van der Waals surface area contributed by atoms with E-state index in [0.717, 1.165) is 15.8 Å². The second kappa shape index (κ2) is 11.2. The van der Waals surface area contributed by atoms with E-state index < -0.39 is 40.6 Å². The summed E-state index contributed by atoms with van der Waals surface area (Å²) in [6.45, 7) is 4.56. The van der Waals surface area contributed by atoms with E-state index in [4.69, 9.17) is 20.9 Å². The monoisotopic (exact) mass is 544 g/mol. The van der Waals surface area contributed by atoms with Gasteiger partial charge in [0.05, 0.1) is 25.5 Å². The largest absolute Gasteiger partial charge is 0.501 e. The maximum absolute atomic E-state index is 14.4. The first kappa shape index (κ1) is 27.0. The molecule has 0 bridgehead atoms.